The number of carbonyl (C=O) groups excluding carboxylic acids is 2. The van der Waals surface area contributed by atoms with E-state index in [4.69, 9.17) is 23.7 Å². The molecule has 2 heterocycles. The van der Waals surface area contributed by atoms with Gasteiger partial charge in [-0.1, -0.05) is 60.1 Å². The number of halogens is 1. The maximum absolute atomic E-state index is 13.8. The second-order valence-corrected chi connectivity index (χ2v) is 14.8. The summed E-state index contributed by atoms with van der Waals surface area (Å²) >= 11 is 3.79. The fourth-order valence-corrected chi connectivity index (χ4v) is 8.41. The van der Waals surface area contributed by atoms with Crippen molar-refractivity contribution >= 4 is 27.7 Å². The Labute approximate surface area is 297 Å². The number of allylic oxidation sites excluding steroid dienone is 5. The summed E-state index contributed by atoms with van der Waals surface area (Å²) < 4.78 is 30.5. The predicted octanol–water partition coefficient (Wildman–Crippen LogP) is 5.17. The summed E-state index contributed by atoms with van der Waals surface area (Å²) in [6, 6.07) is 7.68. The summed E-state index contributed by atoms with van der Waals surface area (Å²) in [6.45, 7) is 5.90. The van der Waals surface area contributed by atoms with Crippen LogP contribution in [0.2, 0.25) is 0 Å². The van der Waals surface area contributed by atoms with Crippen LogP contribution >= 0.6 is 15.9 Å². The van der Waals surface area contributed by atoms with E-state index in [1.165, 1.54) is 6.08 Å². The van der Waals surface area contributed by atoms with Gasteiger partial charge in [0.25, 0.3) is 0 Å². The number of carbonyl (C=O) groups is 2. The molecule has 11 heteroatoms. The Kier molecular flexibility index (Phi) is 13.3. The van der Waals surface area contributed by atoms with E-state index in [-0.39, 0.29) is 47.8 Å². The van der Waals surface area contributed by atoms with Crippen LogP contribution in [-0.4, -0.2) is 83.2 Å². The highest BCUT2D eigenvalue weighted by molar-refractivity contribution is 9.11. The highest BCUT2D eigenvalue weighted by Crippen LogP contribution is 2.51. The zero-order valence-corrected chi connectivity index (χ0v) is 30.3. The Morgan fingerprint density at radius 3 is 2.43 bits per heavy atom. The molecule has 10 nitrogen and oxygen atoms in total. The molecule has 1 aromatic rings. The van der Waals surface area contributed by atoms with E-state index in [9.17, 15) is 24.9 Å². The molecule has 0 spiro atoms. The maximum atomic E-state index is 13.8. The molecule has 0 amide bonds. The minimum atomic E-state index is -1.39. The number of hydrogen-bond acceptors (Lipinski definition) is 10. The number of cyclic esters (lactones) is 1. The van der Waals surface area contributed by atoms with Gasteiger partial charge < -0.3 is 39.0 Å². The summed E-state index contributed by atoms with van der Waals surface area (Å²) in [5, 5.41) is 31.0. The summed E-state index contributed by atoms with van der Waals surface area (Å²) in [7, 11) is 1.63. The lowest BCUT2D eigenvalue weighted by Crippen LogP contribution is -2.57. The van der Waals surface area contributed by atoms with Crippen molar-refractivity contribution in [2.24, 2.45) is 29.6 Å². The second-order valence-electron chi connectivity index (χ2n) is 13.9. The molecular formula is C38H51BrO10. The molecule has 49 heavy (non-hydrogen) atoms. The fraction of sp³-hybridized carbons (Fsp3) is 0.632. The van der Waals surface area contributed by atoms with Crippen LogP contribution in [0.15, 0.2) is 59.1 Å². The molecule has 1 aromatic carbocycles. The highest BCUT2D eigenvalue weighted by atomic mass is 79.9. The van der Waals surface area contributed by atoms with Crippen LogP contribution in [0.25, 0.3) is 0 Å². The Morgan fingerprint density at radius 2 is 1.71 bits per heavy atom. The number of benzene rings is 1. The van der Waals surface area contributed by atoms with E-state index < -0.39 is 42.6 Å². The fourth-order valence-electron chi connectivity index (χ4n) is 7.58. The minimum Gasteiger partial charge on any atom is -0.497 e. The van der Waals surface area contributed by atoms with Crippen LogP contribution in [0.1, 0.15) is 64.9 Å². The number of aliphatic hydroxyl groups is 3. The lowest BCUT2D eigenvalue weighted by atomic mass is 9.71. The lowest BCUT2D eigenvalue weighted by molar-refractivity contribution is -0.303. The van der Waals surface area contributed by atoms with Crippen molar-refractivity contribution in [3.63, 3.8) is 0 Å². The number of esters is 1. The first-order chi connectivity index (χ1) is 23.5. The van der Waals surface area contributed by atoms with E-state index in [0.29, 0.717) is 38.7 Å². The summed E-state index contributed by atoms with van der Waals surface area (Å²) in [5.74, 6) is -0.247. The van der Waals surface area contributed by atoms with Crippen LogP contribution in [0, 0.1) is 29.6 Å². The van der Waals surface area contributed by atoms with Crippen LogP contribution in [0.4, 0.5) is 0 Å². The Bertz CT molecular complexity index is 1360. The number of ether oxygens (including phenoxy) is 5. The third-order valence-electron chi connectivity index (χ3n) is 10.7. The largest absolute Gasteiger partial charge is 0.497 e. The summed E-state index contributed by atoms with van der Waals surface area (Å²) in [6.07, 6.45) is 6.42. The van der Waals surface area contributed by atoms with Crippen LogP contribution < -0.4 is 4.74 Å². The normalized spacial score (nSPS) is 40.2. The van der Waals surface area contributed by atoms with Crippen molar-refractivity contribution in [2.45, 2.75) is 115 Å². The van der Waals surface area contributed by atoms with Crippen molar-refractivity contribution in [3.8, 4) is 5.75 Å². The van der Waals surface area contributed by atoms with Crippen molar-refractivity contribution in [3.05, 3.63) is 64.7 Å². The molecule has 1 saturated heterocycles. The second kappa shape index (κ2) is 17.2. The molecule has 270 valence electrons. The molecule has 5 rings (SSSR count). The molecule has 0 bridgehead atoms. The van der Waals surface area contributed by atoms with Gasteiger partial charge in [-0.15, -0.1) is 0 Å². The topological polar surface area (TPSA) is 141 Å². The van der Waals surface area contributed by atoms with Crippen molar-refractivity contribution in [2.75, 3.05) is 7.11 Å². The van der Waals surface area contributed by atoms with Gasteiger partial charge in [0.2, 0.25) is 0 Å². The van der Waals surface area contributed by atoms with Gasteiger partial charge in [0.05, 0.1) is 32.0 Å². The molecule has 2 aliphatic carbocycles. The molecule has 2 aliphatic heterocycles. The monoisotopic (exact) mass is 746 g/mol. The summed E-state index contributed by atoms with van der Waals surface area (Å²) in [4.78, 5) is 26.8. The van der Waals surface area contributed by atoms with Gasteiger partial charge in [-0.05, 0) is 91.5 Å². The number of ketones is 1. The molecule has 0 radical (unpaired) electrons. The number of rotatable bonds is 7. The number of aliphatic hydroxyl groups excluding tert-OH is 3. The van der Waals surface area contributed by atoms with Gasteiger partial charge in [-0.2, -0.15) is 0 Å². The molecular weight excluding hydrogens is 696 g/mol. The SMILES string of the molecule is CC[C@H]1CCC[C@H](OCc2ccc(OC)cc2)[C@@H](C)C(=O)/C=C/[C@H]2[C@@H]3C[C@H](O[C@@H]4O[C@@H](C)[C@H](O)[C@@H](O)[C@H]4O)C[C@H]3C(Br)=C[C@H]2/C=C/C(=O)O1. The quantitative estimate of drug-likeness (QED) is 0.320. The Hall–Kier alpha value is -2.38. The van der Waals surface area contributed by atoms with E-state index in [1.807, 2.05) is 50.3 Å². The average Bonchev–Trinajstić information content (AvgIpc) is 3.53. The van der Waals surface area contributed by atoms with E-state index in [2.05, 4.69) is 22.0 Å². The first kappa shape index (κ1) is 37.9. The zero-order valence-electron chi connectivity index (χ0n) is 28.7. The third kappa shape index (κ3) is 9.30. The molecule has 0 unspecified atom stereocenters. The van der Waals surface area contributed by atoms with Gasteiger partial charge in [0.1, 0.15) is 30.2 Å². The van der Waals surface area contributed by atoms with Gasteiger partial charge in [-0.25, -0.2) is 4.79 Å². The molecule has 1 saturated carbocycles. The van der Waals surface area contributed by atoms with Gasteiger partial charge in [0, 0.05) is 17.9 Å². The molecule has 4 aliphatic rings. The van der Waals surface area contributed by atoms with Gasteiger partial charge in [0.15, 0.2) is 12.1 Å². The van der Waals surface area contributed by atoms with Crippen molar-refractivity contribution < 1.29 is 48.6 Å². The third-order valence-corrected chi connectivity index (χ3v) is 11.5. The Balaban J connectivity index is 1.36. The standard InChI is InChI=1S/C38H51BrO10/c1-5-25-7-6-8-33(46-20-23-9-12-26(45-4)13-10-23)21(2)32(40)15-14-28-24(11-16-34(41)48-25)17-31(39)30-19-27(18-29(28)30)49-38-37(44)36(43)35(42)22(3)47-38/h9-17,21-22,24-25,27-30,33,35-38,42-44H,5-8,18-20H2,1-4H3/b15-14+,16-11+/t21-,22-,24+,25-,27-,28+,29-,30+,33-,35-,36+,37+,38-/m0/s1. The van der Waals surface area contributed by atoms with Gasteiger partial charge in [-0.3, -0.25) is 4.79 Å². The van der Waals surface area contributed by atoms with Gasteiger partial charge >= 0.3 is 5.97 Å². The van der Waals surface area contributed by atoms with E-state index in [1.54, 1.807) is 20.1 Å². The molecule has 0 aromatic heterocycles. The predicted molar refractivity (Wildman–Crippen MR) is 185 cm³/mol. The number of hydrogen-bond donors (Lipinski definition) is 3. The smallest absolute Gasteiger partial charge is 0.330 e. The molecule has 2 fully saturated rings. The average molecular weight is 748 g/mol. The lowest BCUT2D eigenvalue weighted by Gasteiger charge is -2.40. The molecule has 3 N–H and O–H groups in total. The van der Waals surface area contributed by atoms with E-state index >= 15 is 0 Å². The zero-order chi connectivity index (χ0) is 35.2. The van der Waals surface area contributed by atoms with Crippen molar-refractivity contribution in [1.29, 1.82) is 0 Å². The first-order valence-corrected chi connectivity index (χ1v) is 18.4. The van der Waals surface area contributed by atoms with E-state index in [0.717, 1.165) is 22.2 Å². The van der Waals surface area contributed by atoms with Crippen LogP contribution in [-0.2, 0) is 35.1 Å². The minimum absolute atomic E-state index is 0.0204. The van der Waals surface area contributed by atoms with Crippen molar-refractivity contribution in [1.82, 2.24) is 0 Å². The number of methoxy groups -OCH3 is 1. The number of fused-ring (bicyclic) bond motifs is 3. The maximum Gasteiger partial charge on any atom is 0.330 e. The van der Waals surface area contributed by atoms with Crippen LogP contribution in [0.5, 0.6) is 5.75 Å². The molecule has 13 atom stereocenters. The first-order valence-electron chi connectivity index (χ1n) is 17.6. The highest BCUT2D eigenvalue weighted by Gasteiger charge is 2.48. The Morgan fingerprint density at radius 1 is 0.959 bits per heavy atom. The van der Waals surface area contributed by atoms with Crippen LogP contribution in [0.3, 0.4) is 0 Å². The summed E-state index contributed by atoms with van der Waals surface area (Å²) in [5.41, 5.74) is 0.982.